The minimum atomic E-state index is -0.300. The summed E-state index contributed by atoms with van der Waals surface area (Å²) in [6.07, 6.45) is 4.53. The van der Waals surface area contributed by atoms with Crippen molar-refractivity contribution in [2.24, 2.45) is 5.41 Å². The largest absolute Gasteiger partial charge is 0.270 e. The van der Waals surface area contributed by atoms with E-state index < -0.39 is 0 Å². The standard InChI is InChI=1S/C15H19NO/c1-11-10-15(17-16-11)13-7-5-4-6-12(13)8-9-14(15,2)3/h4-7,10,16H,8-9H2,1-3H3/t15-/m1/s1. The number of allylic oxidation sites excluding steroid dienone is 1. The van der Waals surface area contributed by atoms with Crippen LogP contribution in [-0.2, 0) is 16.9 Å². The maximum Gasteiger partial charge on any atom is 0.146 e. The molecule has 1 aromatic carbocycles. The Hall–Kier alpha value is -1.28. The highest BCUT2D eigenvalue weighted by Gasteiger charge is 2.52. The molecule has 1 atom stereocenters. The molecule has 0 amide bonds. The molecule has 0 fully saturated rings. The molecule has 1 aliphatic heterocycles. The Morgan fingerprint density at radius 3 is 2.71 bits per heavy atom. The molecule has 0 unspecified atom stereocenters. The second kappa shape index (κ2) is 3.36. The van der Waals surface area contributed by atoms with E-state index in [4.69, 9.17) is 4.84 Å². The fourth-order valence-electron chi connectivity index (χ4n) is 3.09. The van der Waals surface area contributed by atoms with Crippen molar-refractivity contribution >= 4 is 0 Å². The van der Waals surface area contributed by atoms with Crippen molar-refractivity contribution in [3.63, 3.8) is 0 Å². The van der Waals surface area contributed by atoms with Gasteiger partial charge in [-0.3, -0.25) is 10.3 Å². The molecule has 0 radical (unpaired) electrons. The molecule has 17 heavy (non-hydrogen) atoms. The van der Waals surface area contributed by atoms with Gasteiger partial charge in [0.05, 0.1) is 0 Å². The molecule has 1 N–H and O–H groups in total. The summed E-state index contributed by atoms with van der Waals surface area (Å²) in [4.78, 5) is 5.99. The van der Waals surface area contributed by atoms with E-state index in [2.05, 4.69) is 56.6 Å². The van der Waals surface area contributed by atoms with Crippen molar-refractivity contribution in [2.75, 3.05) is 0 Å². The summed E-state index contributed by atoms with van der Waals surface area (Å²) in [5, 5.41) is 0. The summed E-state index contributed by atoms with van der Waals surface area (Å²) in [7, 11) is 0. The molecule has 0 aromatic heterocycles. The molecule has 1 heterocycles. The van der Waals surface area contributed by atoms with Crippen LogP contribution >= 0.6 is 0 Å². The van der Waals surface area contributed by atoms with E-state index in [0.29, 0.717) is 0 Å². The lowest BCUT2D eigenvalue weighted by atomic mass is 9.63. The topological polar surface area (TPSA) is 21.3 Å². The molecule has 2 nitrogen and oxygen atoms in total. The third-order valence-corrected chi connectivity index (χ3v) is 4.24. The van der Waals surface area contributed by atoms with Gasteiger partial charge in [-0.15, -0.1) is 0 Å². The van der Waals surface area contributed by atoms with Crippen LogP contribution in [0.4, 0.5) is 0 Å². The molecule has 0 saturated heterocycles. The summed E-state index contributed by atoms with van der Waals surface area (Å²) in [5.41, 5.74) is 6.70. The maximum atomic E-state index is 5.99. The molecule has 2 heteroatoms. The Kier molecular flexibility index (Phi) is 2.14. The van der Waals surface area contributed by atoms with E-state index in [1.165, 1.54) is 11.1 Å². The van der Waals surface area contributed by atoms with Crippen LogP contribution < -0.4 is 5.48 Å². The van der Waals surface area contributed by atoms with Gasteiger partial charge in [-0.05, 0) is 37.0 Å². The fourth-order valence-corrected chi connectivity index (χ4v) is 3.09. The minimum absolute atomic E-state index is 0.117. The van der Waals surface area contributed by atoms with Gasteiger partial charge in [0.25, 0.3) is 0 Å². The van der Waals surface area contributed by atoms with Crippen molar-refractivity contribution in [2.45, 2.75) is 39.2 Å². The number of aryl methyl sites for hydroxylation is 1. The molecule has 1 spiro atoms. The van der Waals surface area contributed by atoms with Gasteiger partial charge in [-0.1, -0.05) is 38.1 Å². The van der Waals surface area contributed by atoms with Crippen LogP contribution in [-0.4, -0.2) is 0 Å². The Bertz CT molecular complexity index is 489. The van der Waals surface area contributed by atoms with Crippen LogP contribution in [0.3, 0.4) is 0 Å². The van der Waals surface area contributed by atoms with Gasteiger partial charge in [-0.25, -0.2) is 0 Å². The number of hydrogen-bond donors (Lipinski definition) is 1. The van der Waals surface area contributed by atoms with Gasteiger partial charge in [0.15, 0.2) is 0 Å². The highest BCUT2D eigenvalue weighted by atomic mass is 16.7. The average Bonchev–Trinajstić information content (AvgIpc) is 2.69. The normalized spacial score (nSPS) is 29.7. The van der Waals surface area contributed by atoms with E-state index in [0.717, 1.165) is 18.5 Å². The van der Waals surface area contributed by atoms with Gasteiger partial charge in [0.1, 0.15) is 5.60 Å². The first-order chi connectivity index (χ1) is 8.05. The molecular formula is C15H19NO. The summed E-state index contributed by atoms with van der Waals surface area (Å²) >= 11 is 0. The zero-order valence-electron chi connectivity index (χ0n) is 10.7. The van der Waals surface area contributed by atoms with Gasteiger partial charge in [-0.2, -0.15) is 0 Å². The molecule has 2 aliphatic rings. The lowest BCUT2D eigenvalue weighted by Crippen LogP contribution is -2.45. The number of fused-ring (bicyclic) bond motifs is 2. The van der Waals surface area contributed by atoms with Crippen LogP contribution in [0.5, 0.6) is 0 Å². The first kappa shape index (κ1) is 10.8. The molecular weight excluding hydrogens is 210 g/mol. The summed E-state index contributed by atoms with van der Waals surface area (Å²) in [6.45, 7) is 6.64. The number of nitrogens with one attached hydrogen (secondary N) is 1. The predicted octanol–water partition coefficient (Wildman–Crippen LogP) is 3.29. The van der Waals surface area contributed by atoms with E-state index >= 15 is 0 Å². The van der Waals surface area contributed by atoms with Crippen molar-refractivity contribution in [3.05, 3.63) is 47.2 Å². The first-order valence-corrected chi connectivity index (χ1v) is 6.27. The second-order valence-corrected chi connectivity index (χ2v) is 5.81. The van der Waals surface area contributed by atoms with E-state index in [9.17, 15) is 0 Å². The summed E-state index contributed by atoms with van der Waals surface area (Å²) < 4.78 is 0. The van der Waals surface area contributed by atoms with Gasteiger partial charge < -0.3 is 0 Å². The van der Waals surface area contributed by atoms with Crippen molar-refractivity contribution in [1.82, 2.24) is 5.48 Å². The molecule has 1 aromatic rings. The lowest BCUT2D eigenvalue weighted by Gasteiger charge is -2.46. The summed E-state index contributed by atoms with van der Waals surface area (Å²) in [6, 6.07) is 8.64. The Balaban J connectivity index is 2.23. The van der Waals surface area contributed by atoms with Crippen LogP contribution in [0.25, 0.3) is 0 Å². The molecule has 3 rings (SSSR count). The third-order valence-electron chi connectivity index (χ3n) is 4.24. The first-order valence-electron chi connectivity index (χ1n) is 6.27. The third kappa shape index (κ3) is 1.37. The number of hydrogen-bond acceptors (Lipinski definition) is 2. The lowest BCUT2D eigenvalue weighted by molar-refractivity contribution is -0.124. The zero-order chi connectivity index (χ0) is 12.1. The molecule has 0 bridgehead atoms. The average molecular weight is 229 g/mol. The van der Waals surface area contributed by atoms with Crippen LogP contribution in [0.1, 0.15) is 38.3 Å². The Morgan fingerprint density at radius 1 is 1.24 bits per heavy atom. The van der Waals surface area contributed by atoms with E-state index in [1.54, 1.807) is 0 Å². The second-order valence-electron chi connectivity index (χ2n) is 5.81. The number of rotatable bonds is 0. The van der Waals surface area contributed by atoms with Crippen molar-refractivity contribution in [3.8, 4) is 0 Å². The zero-order valence-corrected chi connectivity index (χ0v) is 10.7. The highest BCUT2D eigenvalue weighted by Crippen LogP contribution is 2.53. The van der Waals surface area contributed by atoms with Crippen molar-refractivity contribution in [1.29, 1.82) is 0 Å². The van der Waals surface area contributed by atoms with Gasteiger partial charge in [0, 0.05) is 11.1 Å². The highest BCUT2D eigenvalue weighted by molar-refractivity contribution is 5.42. The van der Waals surface area contributed by atoms with Gasteiger partial charge in [0.2, 0.25) is 0 Å². The van der Waals surface area contributed by atoms with Crippen LogP contribution in [0.15, 0.2) is 36.0 Å². The Labute approximate surface area is 103 Å². The Morgan fingerprint density at radius 2 is 2.00 bits per heavy atom. The van der Waals surface area contributed by atoms with Gasteiger partial charge >= 0.3 is 0 Å². The SMILES string of the molecule is CC1=C[C@@]2(ON1)c1ccccc1CCC2(C)C. The maximum absolute atomic E-state index is 5.99. The number of benzene rings is 1. The smallest absolute Gasteiger partial charge is 0.146 e. The quantitative estimate of drug-likeness (QED) is 0.737. The minimum Gasteiger partial charge on any atom is -0.270 e. The summed E-state index contributed by atoms with van der Waals surface area (Å²) in [5.74, 6) is 0. The van der Waals surface area contributed by atoms with Crippen LogP contribution in [0, 0.1) is 5.41 Å². The molecule has 1 aliphatic carbocycles. The monoisotopic (exact) mass is 229 g/mol. The van der Waals surface area contributed by atoms with E-state index in [-0.39, 0.29) is 11.0 Å². The fraction of sp³-hybridized carbons (Fsp3) is 0.467. The number of hydroxylamine groups is 1. The van der Waals surface area contributed by atoms with Crippen LogP contribution in [0.2, 0.25) is 0 Å². The molecule has 90 valence electrons. The van der Waals surface area contributed by atoms with E-state index in [1.807, 2.05) is 0 Å². The predicted molar refractivity (Wildman–Crippen MR) is 68.2 cm³/mol. The van der Waals surface area contributed by atoms with Crippen molar-refractivity contribution < 1.29 is 4.84 Å². The molecule has 0 saturated carbocycles.